The molecule has 1 saturated carbocycles. The molecule has 0 unspecified atom stereocenters. The quantitative estimate of drug-likeness (QED) is 0.672. The fourth-order valence-corrected chi connectivity index (χ4v) is 3.33. The zero-order valence-electron chi connectivity index (χ0n) is 11.2. The molecule has 0 heterocycles. The fourth-order valence-electron chi connectivity index (χ4n) is 1.72. The van der Waals surface area contributed by atoms with E-state index in [1.807, 2.05) is 18.6 Å². The van der Waals surface area contributed by atoms with E-state index < -0.39 is 21.7 Å². The second-order valence-corrected chi connectivity index (χ2v) is 7.16. The molecule has 19 heavy (non-hydrogen) atoms. The maximum atomic E-state index is 12.6. The van der Waals surface area contributed by atoms with Crippen molar-refractivity contribution in [3.8, 4) is 0 Å². The third kappa shape index (κ3) is 5.27. The predicted molar refractivity (Wildman–Crippen MR) is 67.3 cm³/mol. The van der Waals surface area contributed by atoms with Crippen LogP contribution >= 0.6 is 0 Å². The van der Waals surface area contributed by atoms with Gasteiger partial charge in [-0.15, -0.1) is 0 Å². The average Bonchev–Trinajstić information content (AvgIpc) is 2.95. The lowest BCUT2D eigenvalue weighted by atomic mass is 10.3. The van der Waals surface area contributed by atoms with Crippen molar-refractivity contribution in [2.75, 3.05) is 12.3 Å². The van der Waals surface area contributed by atoms with Gasteiger partial charge in [0.05, 0.1) is 5.75 Å². The summed E-state index contributed by atoms with van der Waals surface area (Å²) >= 11 is 0. The lowest BCUT2D eigenvalue weighted by Crippen LogP contribution is -2.48. The molecule has 0 aromatic heterocycles. The molecular weight excluding hydrogens is 281 g/mol. The van der Waals surface area contributed by atoms with E-state index in [1.54, 1.807) is 0 Å². The van der Waals surface area contributed by atoms with Crippen LogP contribution in [0.25, 0.3) is 0 Å². The highest BCUT2D eigenvalue weighted by Gasteiger charge is 2.65. The van der Waals surface area contributed by atoms with Crippen LogP contribution in [0.1, 0.15) is 39.5 Å². The van der Waals surface area contributed by atoms with E-state index in [-0.39, 0.29) is 18.6 Å². The molecule has 1 aliphatic carbocycles. The van der Waals surface area contributed by atoms with Crippen molar-refractivity contribution in [3.63, 3.8) is 0 Å². The van der Waals surface area contributed by atoms with Crippen molar-refractivity contribution in [3.05, 3.63) is 0 Å². The van der Waals surface area contributed by atoms with E-state index in [1.165, 1.54) is 0 Å². The second-order valence-electron chi connectivity index (χ2n) is 5.32. The lowest BCUT2D eigenvalue weighted by Gasteiger charge is -2.20. The van der Waals surface area contributed by atoms with Gasteiger partial charge in [0.2, 0.25) is 10.0 Å². The largest absolute Gasteiger partial charge is 0.407 e. The van der Waals surface area contributed by atoms with Crippen LogP contribution in [0.4, 0.5) is 13.2 Å². The minimum absolute atomic E-state index is 0.162. The SMILES string of the molecule is CC(C)NCCCCS(=O)(=O)NC1(C(F)(F)F)CC1. The van der Waals surface area contributed by atoms with Crippen LogP contribution in [0, 0.1) is 0 Å². The molecule has 0 aromatic rings. The van der Waals surface area contributed by atoms with Crippen LogP contribution in [-0.2, 0) is 10.0 Å². The molecule has 1 aliphatic rings. The van der Waals surface area contributed by atoms with Crippen LogP contribution in [0.5, 0.6) is 0 Å². The van der Waals surface area contributed by atoms with Crippen LogP contribution in [0.15, 0.2) is 0 Å². The Kier molecular flexibility index (Phi) is 5.25. The van der Waals surface area contributed by atoms with Gasteiger partial charge in [-0.2, -0.15) is 17.9 Å². The van der Waals surface area contributed by atoms with Crippen LogP contribution in [0.2, 0.25) is 0 Å². The fraction of sp³-hybridized carbons (Fsp3) is 1.00. The molecule has 1 fully saturated rings. The summed E-state index contributed by atoms with van der Waals surface area (Å²) in [5.74, 6) is -0.259. The number of halogens is 3. The van der Waals surface area contributed by atoms with Gasteiger partial charge in [-0.1, -0.05) is 13.8 Å². The Labute approximate surface area is 112 Å². The van der Waals surface area contributed by atoms with E-state index in [0.717, 1.165) is 0 Å². The highest BCUT2D eigenvalue weighted by Crippen LogP contribution is 2.49. The van der Waals surface area contributed by atoms with Gasteiger partial charge in [0, 0.05) is 6.04 Å². The standard InChI is InChI=1S/C11H21F3N2O2S/c1-9(2)15-7-3-4-8-19(17,18)16-10(5-6-10)11(12,13)14/h9,15-16H,3-8H2,1-2H3. The molecule has 1 rings (SSSR count). The topological polar surface area (TPSA) is 58.2 Å². The highest BCUT2D eigenvalue weighted by atomic mass is 32.2. The molecule has 114 valence electrons. The summed E-state index contributed by atoms with van der Waals surface area (Å²) in [5.41, 5.74) is -2.19. The Hall–Kier alpha value is -0.340. The van der Waals surface area contributed by atoms with Crippen molar-refractivity contribution in [1.29, 1.82) is 0 Å². The molecular formula is C11H21F3N2O2S. The minimum atomic E-state index is -4.50. The number of sulfonamides is 1. The maximum Gasteiger partial charge on any atom is 0.407 e. The van der Waals surface area contributed by atoms with E-state index in [9.17, 15) is 21.6 Å². The van der Waals surface area contributed by atoms with E-state index in [2.05, 4.69) is 5.32 Å². The van der Waals surface area contributed by atoms with Gasteiger partial charge >= 0.3 is 6.18 Å². The Morgan fingerprint density at radius 2 is 1.79 bits per heavy atom. The van der Waals surface area contributed by atoms with Gasteiger partial charge in [-0.05, 0) is 32.2 Å². The molecule has 8 heteroatoms. The molecule has 0 saturated heterocycles. The summed E-state index contributed by atoms with van der Waals surface area (Å²) in [4.78, 5) is 0. The molecule has 0 atom stereocenters. The van der Waals surface area contributed by atoms with Gasteiger partial charge in [0.1, 0.15) is 5.54 Å². The first-order chi connectivity index (χ1) is 8.58. The number of nitrogens with one attached hydrogen (secondary N) is 2. The van der Waals surface area contributed by atoms with Crippen LogP contribution < -0.4 is 10.0 Å². The van der Waals surface area contributed by atoms with E-state index >= 15 is 0 Å². The molecule has 0 bridgehead atoms. The van der Waals surface area contributed by atoms with Crippen molar-refractivity contribution in [1.82, 2.24) is 10.0 Å². The number of alkyl halides is 3. The zero-order valence-corrected chi connectivity index (χ0v) is 12.0. The average molecular weight is 302 g/mol. The normalized spacial score (nSPS) is 18.8. The predicted octanol–water partition coefficient (Wildman–Crippen LogP) is 1.78. The number of rotatable bonds is 8. The summed E-state index contributed by atoms with van der Waals surface area (Å²) in [7, 11) is -3.86. The van der Waals surface area contributed by atoms with Crippen molar-refractivity contribution < 1.29 is 21.6 Å². The lowest BCUT2D eigenvalue weighted by molar-refractivity contribution is -0.160. The molecule has 0 spiro atoms. The Balaban J connectivity index is 2.33. The van der Waals surface area contributed by atoms with E-state index in [4.69, 9.17) is 0 Å². The monoisotopic (exact) mass is 302 g/mol. The van der Waals surface area contributed by atoms with Gasteiger partial charge < -0.3 is 5.32 Å². The third-order valence-corrected chi connectivity index (χ3v) is 4.56. The molecule has 0 radical (unpaired) electrons. The summed E-state index contributed by atoms with van der Waals surface area (Å²) in [6.07, 6.45) is -3.85. The Morgan fingerprint density at radius 1 is 1.21 bits per heavy atom. The molecule has 4 nitrogen and oxygen atoms in total. The summed E-state index contributed by atoms with van der Waals surface area (Å²) in [6, 6.07) is 0.315. The molecule has 2 N–H and O–H groups in total. The Morgan fingerprint density at radius 3 is 2.21 bits per heavy atom. The first-order valence-corrected chi connectivity index (χ1v) is 8.05. The Bertz CT molecular complexity index is 389. The molecule has 0 aromatic carbocycles. The number of unbranched alkanes of at least 4 members (excludes halogenated alkanes) is 1. The van der Waals surface area contributed by atoms with Crippen LogP contribution in [0.3, 0.4) is 0 Å². The van der Waals surface area contributed by atoms with Crippen molar-refractivity contribution >= 4 is 10.0 Å². The maximum absolute atomic E-state index is 12.6. The minimum Gasteiger partial charge on any atom is -0.315 e. The highest BCUT2D eigenvalue weighted by molar-refractivity contribution is 7.89. The summed E-state index contributed by atoms with van der Waals surface area (Å²) < 4.78 is 62.9. The van der Waals surface area contributed by atoms with Gasteiger partial charge in [0.15, 0.2) is 0 Å². The van der Waals surface area contributed by atoms with Gasteiger partial charge in [0.25, 0.3) is 0 Å². The van der Waals surface area contributed by atoms with Crippen molar-refractivity contribution in [2.24, 2.45) is 0 Å². The first-order valence-electron chi connectivity index (χ1n) is 6.40. The molecule has 0 aliphatic heterocycles. The first kappa shape index (κ1) is 16.7. The van der Waals surface area contributed by atoms with Crippen LogP contribution in [-0.4, -0.2) is 38.5 Å². The summed E-state index contributed by atoms with van der Waals surface area (Å²) in [5, 5.41) is 3.12. The van der Waals surface area contributed by atoms with Gasteiger partial charge in [-0.3, -0.25) is 0 Å². The summed E-state index contributed by atoms with van der Waals surface area (Å²) in [6.45, 7) is 4.61. The second kappa shape index (κ2) is 5.97. The number of hydrogen-bond donors (Lipinski definition) is 2. The zero-order chi connectivity index (χ0) is 14.7. The number of hydrogen-bond acceptors (Lipinski definition) is 3. The smallest absolute Gasteiger partial charge is 0.315 e. The van der Waals surface area contributed by atoms with Crippen molar-refractivity contribution in [2.45, 2.75) is 57.3 Å². The third-order valence-electron chi connectivity index (χ3n) is 3.04. The van der Waals surface area contributed by atoms with E-state index in [0.29, 0.717) is 25.4 Å². The molecule has 0 amide bonds. The van der Waals surface area contributed by atoms with Gasteiger partial charge in [-0.25, -0.2) is 8.42 Å².